The molecule has 0 amide bonds. The van der Waals surface area contributed by atoms with Gasteiger partial charge in [0.15, 0.2) is 0 Å². The van der Waals surface area contributed by atoms with Gasteiger partial charge in [-0.1, -0.05) is 180 Å². The van der Waals surface area contributed by atoms with Crippen LogP contribution < -0.4 is 0 Å². The lowest BCUT2D eigenvalue weighted by Crippen LogP contribution is -2.51. The number of hydrogen-bond acceptors (Lipinski definition) is 0. The Balaban J connectivity index is 2.43. The Morgan fingerprint density at radius 2 is 0.829 bits per heavy atom. The van der Waals surface area contributed by atoms with Crippen LogP contribution in [-0.4, -0.2) is 24.1 Å². The summed E-state index contributed by atoms with van der Waals surface area (Å²) in [5, 5.41) is 0. The molecule has 240 valence electrons. The van der Waals surface area contributed by atoms with Gasteiger partial charge in [0.05, 0.1) is 19.6 Å². The highest BCUT2D eigenvalue weighted by atomic mass is 15.3. The smallest absolute Gasteiger partial charge is 0.105 e. The first-order valence-corrected chi connectivity index (χ1v) is 18.9. The molecule has 0 aliphatic carbocycles. The van der Waals surface area contributed by atoms with Crippen molar-refractivity contribution < 1.29 is 4.48 Å². The summed E-state index contributed by atoms with van der Waals surface area (Å²) in [6.45, 7) is 17.2. The molecule has 0 spiro atoms. The third-order valence-corrected chi connectivity index (χ3v) is 9.49. The van der Waals surface area contributed by atoms with Crippen molar-refractivity contribution in [1.29, 1.82) is 0 Å². The molecular weight excluding hydrogens is 494 g/mol. The second kappa shape index (κ2) is 26.8. The molecule has 41 heavy (non-hydrogen) atoms. The molecular formula is C40H76N+. The van der Waals surface area contributed by atoms with Gasteiger partial charge in [0, 0.05) is 11.5 Å². The van der Waals surface area contributed by atoms with E-state index in [1.807, 2.05) is 0 Å². The maximum Gasteiger partial charge on any atom is 0.105 e. The Morgan fingerprint density at radius 3 is 1.17 bits per heavy atom. The van der Waals surface area contributed by atoms with E-state index < -0.39 is 0 Å². The molecule has 1 unspecified atom stereocenters. The van der Waals surface area contributed by atoms with E-state index in [4.69, 9.17) is 0 Å². The average molecular weight is 571 g/mol. The van der Waals surface area contributed by atoms with Gasteiger partial charge in [-0.3, -0.25) is 0 Å². The van der Waals surface area contributed by atoms with Gasteiger partial charge in [-0.15, -0.1) is 0 Å². The highest BCUT2D eigenvalue weighted by Gasteiger charge is 2.28. The Bertz CT molecular complexity index is 679. The number of unbranched alkanes of at least 4 members (excludes halogenated alkanes) is 22. The molecule has 0 aliphatic heterocycles. The van der Waals surface area contributed by atoms with Crippen LogP contribution in [0.4, 0.5) is 0 Å². The van der Waals surface area contributed by atoms with E-state index in [2.05, 4.69) is 58.9 Å². The van der Waals surface area contributed by atoms with Gasteiger partial charge in [-0.2, -0.15) is 0 Å². The molecule has 1 aromatic rings. The summed E-state index contributed by atoms with van der Waals surface area (Å²) in [5.41, 5.74) is 3.08. The van der Waals surface area contributed by atoms with Gasteiger partial charge < -0.3 is 4.48 Å². The number of nitrogens with zero attached hydrogens (tertiary/aromatic N) is 1. The lowest BCUT2D eigenvalue weighted by molar-refractivity contribution is -0.944. The average Bonchev–Trinajstić information content (AvgIpc) is 2.95. The first kappa shape index (κ1) is 38.2. The van der Waals surface area contributed by atoms with Crippen molar-refractivity contribution in [3.63, 3.8) is 0 Å². The molecule has 0 saturated heterocycles. The summed E-state index contributed by atoms with van der Waals surface area (Å²) in [5.74, 6) is 0.758. The Kier molecular flexibility index (Phi) is 25.0. The summed E-state index contributed by atoms with van der Waals surface area (Å²) in [6.07, 6.45) is 34.6. The third-order valence-electron chi connectivity index (χ3n) is 9.49. The molecule has 1 atom stereocenters. The van der Waals surface area contributed by atoms with Crippen LogP contribution in [0.3, 0.4) is 0 Å². The molecule has 0 bridgehead atoms. The normalized spacial score (nSPS) is 13.2. The van der Waals surface area contributed by atoms with E-state index in [-0.39, 0.29) is 0 Å². The predicted octanol–water partition coefficient (Wildman–Crippen LogP) is 13.4. The summed E-state index contributed by atoms with van der Waals surface area (Å²) >= 11 is 0. The SMILES string of the molecule is CCCCCCCCCCCCCCCC[N+](CCCCCCCCCCCC)(Cc1ccccc1C)CC(C)C. The van der Waals surface area contributed by atoms with E-state index in [9.17, 15) is 0 Å². The zero-order chi connectivity index (χ0) is 29.9. The molecule has 0 heterocycles. The molecule has 0 aliphatic rings. The summed E-state index contributed by atoms with van der Waals surface area (Å²) in [6, 6.07) is 9.21. The second-order valence-corrected chi connectivity index (χ2v) is 14.2. The molecule has 0 N–H and O–H groups in total. The van der Waals surface area contributed by atoms with Gasteiger partial charge in [-0.05, 0) is 38.2 Å². The highest BCUT2D eigenvalue weighted by molar-refractivity contribution is 5.24. The van der Waals surface area contributed by atoms with Crippen LogP contribution in [0.1, 0.15) is 193 Å². The van der Waals surface area contributed by atoms with Crippen molar-refractivity contribution in [1.82, 2.24) is 0 Å². The fourth-order valence-corrected chi connectivity index (χ4v) is 7.02. The molecule has 0 aromatic heterocycles. The minimum Gasteiger partial charge on any atom is -0.320 e. The minimum absolute atomic E-state index is 0.758. The standard InChI is InChI=1S/C40H76N/c1-6-8-10-12-14-16-18-19-20-21-23-25-27-31-35-41(36-38(3)4,37-40-33-29-28-32-39(40)5)34-30-26-24-22-17-15-13-11-9-7-2/h28-29,32-33,38H,6-27,30-31,34-37H2,1-5H3/q+1. The molecule has 0 radical (unpaired) electrons. The second-order valence-electron chi connectivity index (χ2n) is 14.2. The van der Waals surface area contributed by atoms with Crippen molar-refractivity contribution in [3.8, 4) is 0 Å². The maximum atomic E-state index is 2.45. The van der Waals surface area contributed by atoms with E-state index in [0.29, 0.717) is 0 Å². The van der Waals surface area contributed by atoms with Crippen molar-refractivity contribution in [2.24, 2.45) is 5.92 Å². The fourth-order valence-electron chi connectivity index (χ4n) is 7.02. The van der Waals surface area contributed by atoms with Crippen LogP contribution in [0.25, 0.3) is 0 Å². The molecule has 0 saturated carbocycles. The Morgan fingerprint density at radius 1 is 0.488 bits per heavy atom. The molecule has 1 nitrogen and oxygen atoms in total. The number of benzene rings is 1. The van der Waals surface area contributed by atoms with Crippen LogP contribution in [0, 0.1) is 12.8 Å². The van der Waals surface area contributed by atoms with Gasteiger partial charge in [0.1, 0.15) is 6.54 Å². The molecule has 1 rings (SSSR count). The predicted molar refractivity (Wildman–Crippen MR) is 187 cm³/mol. The highest BCUT2D eigenvalue weighted by Crippen LogP contribution is 2.24. The van der Waals surface area contributed by atoms with Crippen LogP contribution >= 0.6 is 0 Å². The van der Waals surface area contributed by atoms with Gasteiger partial charge in [0.2, 0.25) is 0 Å². The molecule has 1 heteroatoms. The Labute approximate surface area is 260 Å². The number of aryl methyl sites for hydroxylation is 1. The van der Waals surface area contributed by atoms with Crippen molar-refractivity contribution in [2.45, 2.75) is 195 Å². The number of hydrogen-bond donors (Lipinski definition) is 0. The molecule has 0 fully saturated rings. The zero-order valence-corrected chi connectivity index (χ0v) is 29.1. The lowest BCUT2D eigenvalue weighted by Gasteiger charge is -2.41. The first-order chi connectivity index (χ1) is 20.0. The largest absolute Gasteiger partial charge is 0.320 e. The van der Waals surface area contributed by atoms with Crippen molar-refractivity contribution >= 4 is 0 Å². The zero-order valence-electron chi connectivity index (χ0n) is 29.1. The number of quaternary nitrogens is 1. The van der Waals surface area contributed by atoms with Gasteiger partial charge in [0.25, 0.3) is 0 Å². The van der Waals surface area contributed by atoms with Crippen LogP contribution in [-0.2, 0) is 6.54 Å². The van der Waals surface area contributed by atoms with Crippen LogP contribution in [0.2, 0.25) is 0 Å². The van der Waals surface area contributed by atoms with E-state index in [1.165, 1.54) is 190 Å². The lowest BCUT2D eigenvalue weighted by atomic mass is 10.0. The Hall–Kier alpha value is -0.820. The quantitative estimate of drug-likeness (QED) is 0.0637. The summed E-state index contributed by atoms with van der Waals surface area (Å²) in [4.78, 5) is 0. The monoisotopic (exact) mass is 571 g/mol. The number of rotatable bonds is 30. The first-order valence-electron chi connectivity index (χ1n) is 18.9. The minimum atomic E-state index is 0.758. The van der Waals surface area contributed by atoms with Crippen LogP contribution in [0.5, 0.6) is 0 Å². The van der Waals surface area contributed by atoms with E-state index in [0.717, 1.165) is 5.92 Å². The van der Waals surface area contributed by atoms with Gasteiger partial charge in [-0.25, -0.2) is 0 Å². The third kappa shape index (κ3) is 21.5. The fraction of sp³-hybridized carbons (Fsp3) is 0.850. The van der Waals surface area contributed by atoms with Crippen molar-refractivity contribution in [2.75, 3.05) is 19.6 Å². The van der Waals surface area contributed by atoms with Crippen LogP contribution in [0.15, 0.2) is 24.3 Å². The van der Waals surface area contributed by atoms with E-state index in [1.54, 1.807) is 5.56 Å². The summed E-state index contributed by atoms with van der Waals surface area (Å²) < 4.78 is 1.32. The van der Waals surface area contributed by atoms with E-state index >= 15 is 0 Å². The topological polar surface area (TPSA) is 0 Å². The van der Waals surface area contributed by atoms with Gasteiger partial charge >= 0.3 is 0 Å². The maximum absolute atomic E-state index is 2.45. The molecule has 1 aromatic carbocycles. The summed E-state index contributed by atoms with van der Waals surface area (Å²) in [7, 11) is 0. The van der Waals surface area contributed by atoms with Crippen molar-refractivity contribution in [3.05, 3.63) is 35.4 Å².